The van der Waals surface area contributed by atoms with Gasteiger partial charge in [0.25, 0.3) is 11.5 Å². The van der Waals surface area contributed by atoms with Crippen molar-refractivity contribution >= 4 is 17.3 Å². The Labute approximate surface area is 198 Å². The van der Waals surface area contributed by atoms with E-state index >= 15 is 0 Å². The fourth-order valence-electron chi connectivity index (χ4n) is 4.05. The van der Waals surface area contributed by atoms with Gasteiger partial charge in [0.2, 0.25) is 0 Å². The second-order valence-electron chi connectivity index (χ2n) is 8.75. The Hall–Kier alpha value is -3.49. The van der Waals surface area contributed by atoms with E-state index in [1.165, 1.54) is 23.9 Å². The summed E-state index contributed by atoms with van der Waals surface area (Å²) in [6.07, 6.45) is 1.48. The Morgan fingerprint density at radius 1 is 1.06 bits per heavy atom. The highest BCUT2D eigenvalue weighted by Gasteiger charge is 2.16. The molecule has 2 aromatic carbocycles. The SMILES string of the molecule is C[C@@H](Nc1c[nH]c(=O)c(C(=O)Nc2ccc(CN3CCN(C)CC3)cc2)c1)c1ccccc1F. The molecule has 0 saturated carbocycles. The molecule has 1 aliphatic rings. The van der Waals surface area contributed by atoms with E-state index in [1.807, 2.05) is 31.2 Å². The number of likely N-dealkylation sites (N-methyl/N-ethyl adjacent to an activating group) is 1. The van der Waals surface area contributed by atoms with Crippen LogP contribution in [0.15, 0.2) is 65.6 Å². The fraction of sp³-hybridized carbons (Fsp3) is 0.308. The molecule has 1 aromatic heterocycles. The number of carbonyl (C=O) groups excluding carboxylic acids is 1. The van der Waals surface area contributed by atoms with Gasteiger partial charge in [-0.3, -0.25) is 14.5 Å². The third-order valence-electron chi connectivity index (χ3n) is 6.12. The van der Waals surface area contributed by atoms with Gasteiger partial charge in [-0.2, -0.15) is 0 Å². The van der Waals surface area contributed by atoms with Crippen molar-refractivity contribution in [2.45, 2.75) is 19.5 Å². The molecule has 178 valence electrons. The number of carbonyl (C=O) groups is 1. The molecule has 0 radical (unpaired) electrons. The second-order valence-corrected chi connectivity index (χ2v) is 8.75. The summed E-state index contributed by atoms with van der Waals surface area (Å²) in [4.78, 5) is 32.4. The lowest BCUT2D eigenvalue weighted by atomic mass is 10.1. The number of rotatable bonds is 7. The van der Waals surface area contributed by atoms with E-state index in [-0.39, 0.29) is 17.4 Å². The Bertz CT molecular complexity index is 1190. The molecule has 8 heteroatoms. The Morgan fingerprint density at radius 2 is 1.76 bits per heavy atom. The standard InChI is InChI=1S/C26H30FN5O2/c1-18(22-5-3-4-6-24(22)27)29-21-15-23(25(33)28-16-21)26(34)30-20-9-7-19(8-10-20)17-32-13-11-31(2)12-14-32/h3-10,15-16,18,29H,11-14,17H2,1-2H3,(H,28,33)(H,30,34)/t18-/m1/s1. The van der Waals surface area contributed by atoms with Gasteiger partial charge in [0.1, 0.15) is 11.4 Å². The van der Waals surface area contributed by atoms with Gasteiger partial charge in [-0.25, -0.2) is 4.39 Å². The Morgan fingerprint density at radius 3 is 2.47 bits per heavy atom. The number of nitrogens with zero attached hydrogens (tertiary/aromatic N) is 2. The minimum absolute atomic E-state index is 0.0211. The molecule has 0 spiro atoms. The monoisotopic (exact) mass is 463 g/mol. The van der Waals surface area contributed by atoms with Crippen LogP contribution in [-0.4, -0.2) is 53.9 Å². The van der Waals surface area contributed by atoms with E-state index in [9.17, 15) is 14.0 Å². The molecule has 0 unspecified atom stereocenters. The first-order chi connectivity index (χ1) is 16.4. The minimum atomic E-state index is -0.504. The molecule has 34 heavy (non-hydrogen) atoms. The van der Waals surface area contributed by atoms with Crippen LogP contribution in [0.5, 0.6) is 0 Å². The summed E-state index contributed by atoms with van der Waals surface area (Å²) in [7, 11) is 2.13. The van der Waals surface area contributed by atoms with E-state index in [1.54, 1.807) is 18.2 Å². The van der Waals surface area contributed by atoms with Crippen molar-refractivity contribution < 1.29 is 9.18 Å². The molecule has 1 atom stereocenters. The molecule has 1 saturated heterocycles. The number of aromatic nitrogens is 1. The molecule has 2 heterocycles. The molecule has 7 nitrogen and oxygen atoms in total. The number of H-pyrrole nitrogens is 1. The highest BCUT2D eigenvalue weighted by Crippen LogP contribution is 2.21. The smallest absolute Gasteiger partial charge is 0.261 e. The highest BCUT2D eigenvalue weighted by molar-refractivity contribution is 6.04. The summed E-state index contributed by atoms with van der Waals surface area (Å²) in [6.45, 7) is 6.89. The van der Waals surface area contributed by atoms with Crippen LogP contribution < -0.4 is 16.2 Å². The van der Waals surface area contributed by atoms with Crippen molar-refractivity contribution in [1.29, 1.82) is 0 Å². The van der Waals surface area contributed by atoms with Crippen molar-refractivity contribution in [3.8, 4) is 0 Å². The number of piperazine rings is 1. The zero-order chi connectivity index (χ0) is 24.1. The first-order valence-electron chi connectivity index (χ1n) is 11.4. The maximum atomic E-state index is 14.1. The van der Waals surface area contributed by atoms with Crippen molar-refractivity contribution in [1.82, 2.24) is 14.8 Å². The highest BCUT2D eigenvalue weighted by atomic mass is 19.1. The summed E-state index contributed by atoms with van der Waals surface area (Å²) < 4.78 is 14.1. The Kier molecular flexibility index (Phi) is 7.40. The van der Waals surface area contributed by atoms with Gasteiger partial charge in [-0.1, -0.05) is 30.3 Å². The predicted octanol–water partition coefficient (Wildman–Crippen LogP) is 3.69. The second kappa shape index (κ2) is 10.6. The molecule has 0 bridgehead atoms. The zero-order valence-corrected chi connectivity index (χ0v) is 19.5. The van der Waals surface area contributed by atoms with Crippen LogP contribution >= 0.6 is 0 Å². The van der Waals surface area contributed by atoms with Gasteiger partial charge >= 0.3 is 0 Å². The lowest BCUT2D eigenvalue weighted by molar-refractivity contribution is 0.102. The van der Waals surface area contributed by atoms with Crippen LogP contribution in [0.1, 0.15) is 34.5 Å². The summed E-state index contributed by atoms with van der Waals surface area (Å²) in [5, 5.41) is 5.93. The summed E-state index contributed by atoms with van der Waals surface area (Å²) in [5.41, 5.74) is 2.29. The topological polar surface area (TPSA) is 80.5 Å². The molecule has 1 amide bonds. The van der Waals surface area contributed by atoms with Crippen molar-refractivity contribution in [3.05, 3.63) is 93.7 Å². The van der Waals surface area contributed by atoms with E-state index in [0.717, 1.165) is 32.7 Å². The lowest BCUT2D eigenvalue weighted by Gasteiger charge is -2.32. The summed E-state index contributed by atoms with van der Waals surface area (Å²) >= 11 is 0. The average molecular weight is 464 g/mol. The minimum Gasteiger partial charge on any atom is -0.377 e. The number of hydrogen-bond donors (Lipinski definition) is 3. The number of nitrogens with one attached hydrogen (secondary N) is 3. The molecule has 4 rings (SSSR count). The van der Waals surface area contributed by atoms with Gasteiger partial charge in [-0.05, 0) is 43.8 Å². The van der Waals surface area contributed by atoms with Crippen LogP contribution in [-0.2, 0) is 6.54 Å². The quantitative estimate of drug-likeness (QED) is 0.498. The maximum Gasteiger partial charge on any atom is 0.261 e. The number of hydrogen-bond acceptors (Lipinski definition) is 5. The van der Waals surface area contributed by atoms with Gasteiger partial charge in [0, 0.05) is 50.2 Å². The van der Waals surface area contributed by atoms with Crippen molar-refractivity contribution in [3.63, 3.8) is 0 Å². The lowest BCUT2D eigenvalue weighted by Crippen LogP contribution is -2.43. The number of amides is 1. The number of aromatic amines is 1. The predicted molar refractivity (Wildman–Crippen MR) is 133 cm³/mol. The van der Waals surface area contributed by atoms with Crippen LogP contribution in [0, 0.1) is 5.82 Å². The van der Waals surface area contributed by atoms with E-state index < -0.39 is 11.5 Å². The van der Waals surface area contributed by atoms with Crippen LogP contribution in [0.4, 0.5) is 15.8 Å². The third-order valence-corrected chi connectivity index (χ3v) is 6.12. The largest absolute Gasteiger partial charge is 0.377 e. The van der Waals surface area contributed by atoms with E-state index in [4.69, 9.17) is 0 Å². The number of benzene rings is 2. The normalized spacial score (nSPS) is 15.6. The Balaban J connectivity index is 1.40. The fourth-order valence-corrected chi connectivity index (χ4v) is 4.05. The molecule has 3 aromatic rings. The van der Waals surface area contributed by atoms with Crippen LogP contribution in [0.3, 0.4) is 0 Å². The molecular formula is C26H30FN5O2. The number of anilines is 2. The van der Waals surface area contributed by atoms with Gasteiger partial charge < -0.3 is 20.5 Å². The number of halogens is 1. The maximum absolute atomic E-state index is 14.1. The van der Waals surface area contributed by atoms with Crippen molar-refractivity contribution in [2.75, 3.05) is 43.9 Å². The third kappa shape index (κ3) is 5.89. The van der Waals surface area contributed by atoms with Crippen LogP contribution in [0.2, 0.25) is 0 Å². The van der Waals surface area contributed by atoms with Gasteiger partial charge in [0.05, 0.1) is 11.7 Å². The molecular weight excluding hydrogens is 433 g/mol. The molecule has 1 aliphatic heterocycles. The molecule has 3 N–H and O–H groups in total. The first-order valence-corrected chi connectivity index (χ1v) is 11.4. The summed E-state index contributed by atoms with van der Waals surface area (Å²) in [5.74, 6) is -0.823. The van der Waals surface area contributed by atoms with Crippen LogP contribution in [0.25, 0.3) is 0 Å². The average Bonchev–Trinajstić information content (AvgIpc) is 2.83. The molecule has 1 fully saturated rings. The zero-order valence-electron chi connectivity index (χ0n) is 19.5. The number of pyridine rings is 1. The first kappa shape index (κ1) is 23.7. The van der Waals surface area contributed by atoms with E-state index in [2.05, 4.69) is 32.5 Å². The van der Waals surface area contributed by atoms with Crippen molar-refractivity contribution in [2.24, 2.45) is 0 Å². The molecule has 0 aliphatic carbocycles. The van der Waals surface area contributed by atoms with E-state index in [0.29, 0.717) is 16.9 Å². The van der Waals surface area contributed by atoms with Gasteiger partial charge in [0.15, 0.2) is 0 Å². The van der Waals surface area contributed by atoms with Gasteiger partial charge in [-0.15, -0.1) is 0 Å². The summed E-state index contributed by atoms with van der Waals surface area (Å²) in [6, 6.07) is 15.3.